The highest BCUT2D eigenvalue weighted by molar-refractivity contribution is 5.63. The number of hydrogen-bond donors (Lipinski definition) is 0. The average Bonchev–Trinajstić information content (AvgIpc) is 2.63. The molecule has 0 aromatic heterocycles. The zero-order valence-electron chi connectivity index (χ0n) is 13.7. The third-order valence-electron chi connectivity index (χ3n) is 4.38. The van der Waals surface area contributed by atoms with Gasteiger partial charge in [-0.25, -0.2) is 0 Å². The van der Waals surface area contributed by atoms with E-state index in [1.54, 1.807) is 0 Å². The molecule has 2 nitrogen and oxygen atoms in total. The lowest BCUT2D eigenvalue weighted by Gasteiger charge is -2.35. The van der Waals surface area contributed by atoms with Crippen molar-refractivity contribution in [3.8, 4) is 22.6 Å². The molecule has 1 atom stereocenters. The molecule has 120 valence electrons. The fraction of sp³-hybridized carbons (Fsp3) is 0.182. The van der Waals surface area contributed by atoms with Crippen LogP contribution in [0.25, 0.3) is 11.1 Å². The molecule has 0 saturated carbocycles. The first-order chi connectivity index (χ1) is 11.7. The Hall–Kier alpha value is -2.74. The first-order valence-corrected chi connectivity index (χ1v) is 8.27. The predicted molar refractivity (Wildman–Crippen MR) is 96.6 cm³/mol. The standard InChI is InChI=1S/C22H20O2/c1-22(16-23-20-9-5-6-10-21(20)24-22)15-17-11-13-19(14-12-17)18-7-3-2-4-8-18/h2-14H,15-16H2,1H3/t22-/m0/s1. The van der Waals surface area contributed by atoms with Crippen molar-refractivity contribution in [3.05, 3.63) is 84.4 Å². The summed E-state index contributed by atoms with van der Waals surface area (Å²) in [7, 11) is 0. The first-order valence-electron chi connectivity index (χ1n) is 8.27. The normalized spacial score (nSPS) is 19.0. The number of ether oxygens (including phenoxy) is 2. The Balaban J connectivity index is 1.51. The van der Waals surface area contributed by atoms with Gasteiger partial charge in [0.05, 0.1) is 0 Å². The Morgan fingerprint density at radius 1 is 0.750 bits per heavy atom. The first kappa shape index (κ1) is 14.8. The summed E-state index contributed by atoms with van der Waals surface area (Å²) in [5.41, 5.74) is 3.38. The van der Waals surface area contributed by atoms with Crippen LogP contribution in [0.3, 0.4) is 0 Å². The number of rotatable bonds is 3. The highest BCUT2D eigenvalue weighted by atomic mass is 16.6. The molecule has 2 heteroatoms. The predicted octanol–water partition coefficient (Wildman–Crippen LogP) is 5.13. The van der Waals surface area contributed by atoms with Gasteiger partial charge in [0.25, 0.3) is 0 Å². The Labute approximate surface area is 142 Å². The Kier molecular flexibility index (Phi) is 3.73. The lowest BCUT2D eigenvalue weighted by molar-refractivity contribution is 0.00658. The van der Waals surface area contributed by atoms with Crippen molar-refractivity contribution in [1.29, 1.82) is 0 Å². The molecular weight excluding hydrogens is 296 g/mol. The summed E-state index contributed by atoms with van der Waals surface area (Å²) in [6, 6.07) is 27.0. The van der Waals surface area contributed by atoms with Gasteiger partial charge in [-0.15, -0.1) is 0 Å². The molecule has 0 spiro atoms. The molecule has 0 aliphatic carbocycles. The number of para-hydroxylation sites is 2. The van der Waals surface area contributed by atoms with Gasteiger partial charge < -0.3 is 9.47 Å². The van der Waals surface area contributed by atoms with Gasteiger partial charge in [0, 0.05) is 6.42 Å². The fourth-order valence-electron chi connectivity index (χ4n) is 3.14. The average molecular weight is 316 g/mol. The number of fused-ring (bicyclic) bond motifs is 1. The van der Waals surface area contributed by atoms with Gasteiger partial charge in [-0.1, -0.05) is 66.7 Å². The number of benzene rings is 3. The molecule has 0 fully saturated rings. The third kappa shape index (κ3) is 3.00. The van der Waals surface area contributed by atoms with Crippen LogP contribution < -0.4 is 9.47 Å². The van der Waals surface area contributed by atoms with E-state index < -0.39 is 0 Å². The maximum atomic E-state index is 6.21. The van der Waals surface area contributed by atoms with Crippen LogP contribution >= 0.6 is 0 Å². The van der Waals surface area contributed by atoms with E-state index in [0.29, 0.717) is 6.61 Å². The second-order valence-electron chi connectivity index (χ2n) is 6.53. The van der Waals surface area contributed by atoms with Gasteiger partial charge in [-0.05, 0) is 35.7 Å². The highest BCUT2D eigenvalue weighted by Crippen LogP contribution is 2.36. The summed E-state index contributed by atoms with van der Waals surface area (Å²) in [5.74, 6) is 1.65. The molecule has 3 aromatic carbocycles. The lowest BCUT2D eigenvalue weighted by Crippen LogP contribution is -2.43. The van der Waals surface area contributed by atoms with Gasteiger partial charge in [0.15, 0.2) is 11.5 Å². The summed E-state index contributed by atoms with van der Waals surface area (Å²) in [6.45, 7) is 2.67. The molecule has 1 aliphatic rings. The van der Waals surface area contributed by atoms with Gasteiger partial charge in [0.1, 0.15) is 12.2 Å². The van der Waals surface area contributed by atoms with E-state index in [9.17, 15) is 0 Å². The smallest absolute Gasteiger partial charge is 0.162 e. The molecule has 0 radical (unpaired) electrons. The highest BCUT2D eigenvalue weighted by Gasteiger charge is 2.33. The van der Waals surface area contributed by atoms with Gasteiger partial charge in [-0.2, -0.15) is 0 Å². The van der Waals surface area contributed by atoms with E-state index in [1.165, 1.54) is 16.7 Å². The SMILES string of the molecule is C[C@]1(Cc2ccc(-c3ccccc3)cc2)COc2ccccc2O1. The molecule has 1 heterocycles. The zero-order chi connectivity index (χ0) is 16.4. The van der Waals surface area contributed by atoms with Crippen LogP contribution in [-0.2, 0) is 6.42 Å². The second-order valence-corrected chi connectivity index (χ2v) is 6.53. The van der Waals surface area contributed by atoms with E-state index in [4.69, 9.17) is 9.47 Å². The van der Waals surface area contributed by atoms with Crippen molar-refractivity contribution < 1.29 is 9.47 Å². The summed E-state index contributed by atoms with van der Waals surface area (Å²) in [6.07, 6.45) is 0.816. The Morgan fingerprint density at radius 2 is 1.38 bits per heavy atom. The molecule has 0 saturated heterocycles. The van der Waals surface area contributed by atoms with E-state index in [-0.39, 0.29) is 5.60 Å². The third-order valence-corrected chi connectivity index (χ3v) is 4.38. The van der Waals surface area contributed by atoms with E-state index in [0.717, 1.165) is 17.9 Å². The van der Waals surface area contributed by atoms with Crippen molar-refractivity contribution in [3.63, 3.8) is 0 Å². The number of hydrogen-bond acceptors (Lipinski definition) is 2. The second kappa shape index (κ2) is 6.04. The Morgan fingerprint density at radius 3 is 2.12 bits per heavy atom. The van der Waals surface area contributed by atoms with Crippen LogP contribution in [0.2, 0.25) is 0 Å². The molecule has 4 rings (SSSR count). The fourth-order valence-corrected chi connectivity index (χ4v) is 3.14. The quantitative estimate of drug-likeness (QED) is 0.667. The van der Waals surface area contributed by atoms with Crippen molar-refractivity contribution >= 4 is 0 Å². The van der Waals surface area contributed by atoms with Crippen LogP contribution in [0.1, 0.15) is 12.5 Å². The minimum atomic E-state index is -0.345. The van der Waals surface area contributed by atoms with Gasteiger partial charge in [-0.3, -0.25) is 0 Å². The maximum absolute atomic E-state index is 6.21. The van der Waals surface area contributed by atoms with Crippen molar-refractivity contribution in [1.82, 2.24) is 0 Å². The Bertz CT molecular complexity index is 824. The summed E-state index contributed by atoms with van der Waals surface area (Å²) < 4.78 is 12.1. The zero-order valence-corrected chi connectivity index (χ0v) is 13.7. The largest absolute Gasteiger partial charge is 0.486 e. The monoisotopic (exact) mass is 316 g/mol. The van der Waals surface area contributed by atoms with E-state index in [2.05, 4.69) is 55.5 Å². The summed E-state index contributed by atoms with van der Waals surface area (Å²) in [5, 5.41) is 0. The van der Waals surface area contributed by atoms with Crippen molar-refractivity contribution in [2.24, 2.45) is 0 Å². The minimum absolute atomic E-state index is 0.345. The van der Waals surface area contributed by atoms with E-state index >= 15 is 0 Å². The van der Waals surface area contributed by atoms with Crippen LogP contribution in [0.5, 0.6) is 11.5 Å². The molecule has 3 aromatic rings. The van der Waals surface area contributed by atoms with Crippen molar-refractivity contribution in [2.75, 3.05) is 6.61 Å². The molecule has 0 bridgehead atoms. The van der Waals surface area contributed by atoms with Crippen LogP contribution in [0.15, 0.2) is 78.9 Å². The minimum Gasteiger partial charge on any atom is -0.486 e. The molecule has 1 aliphatic heterocycles. The van der Waals surface area contributed by atoms with Crippen LogP contribution in [0.4, 0.5) is 0 Å². The molecule has 0 unspecified atom stereocenters. The van der Waals surface area contributed by atoms with E-state index in [1.807, 2.05) is 30.3 Å². The molecule has 24 heavy (non-hydrogen) atoms. The summed E-state index contributed by atoms with van der Waals surface area (Å²) in [4.78, 5) is 0. The molecule has 0 amide bonds. The molecular formula is C22H20O2. The van der Waals surface area contributed by atoms with Crippen LogP contribution in [-0.4, -0.2) is 12.2 Å². The van der Waals surface area contributed by atoms with Crippen LogP contribution in [0, 0.1) is 0 Å². The summed E-state index contributed by atoms with van der Waals surface area (Å²) >= 11 is 0. The molecule has 0 N–H and O–H groups in total. The van der Waals surface area contributed by atoms with Crippen molar-refractivity contribution in [2.45, 2.75) is 18.9 Å². The lowest BCUT2D eigenvalue weighted by atomic mass is 9.94. The topological polar surface area (TPSA) is 18.5 Å². The van der Waals surface area contributed by atoms with Gasteiger partial charge in [0.2, 0.25) is 0 Å². The van der Waals surface area contributed by atoms with Gasteiger partial charge >= 0.3 is 0 Å². The maximum Gasteiger partial charge on any atom is 0.162 e.